The van der Waals surface area contributed by atoms with Crippen LogP contribution in [0.1, 0.15) is 27.5 Å². The maximum absolute atomic E-state index is 13.0. The number of hydrogen-bond donors (Lipinski definition) is 2. The van der Waals surface area contributed by atoms with Crippen LogP contribution in [0, 0.1) is 0 Å². The lowest BCUT2D eigenvalue weighted by Gasteiger charge is -2.24. The molecule has 0 aliphatic carbocycles. The summed E-state index contributed by atoms with van der Waals surface area (Å²) in [6.45, 7) is -0.392. The third-order valence-electron chi connectivity index (χ3n) is 4.95. The van der Waals surface area contributed by atoms with Crippen LogP contribution in [0.3, 0.4) is 0 Å². The normalized spacial score (nSPS) is 15.5. The van der Waals surface area contributed by atoms with Gasteiger partial charge in [0.05, 0.1) is 13.2 Å². The fourth-order valence-corrected chi connectivity index (χ4v) is 3.64. The van der Waals surface area contributed by atoms with E-state index in [1.807, 2.05) is 48.7 Å². The lowest BCUT2D eigenvalue weighted by atomic mass is 9.97. The van der Waals surface area contributed by atoms with Gasteiger partial charge >= 0.3 is 5.97 Å². The van der Waals surface area contributed by atoms with Crippen molar-refractivity contribution in [3.63, 3.8) is 0 Å². The Bertz CT molecular complexity index is 1070. The van der Waals surface area contributed by atoms with E-state index in [0.29, 0.717) is 5.56 Å². The molecule has 28 heavy (non-hydrogen) atoms. The number of carbonyl (C=O) groups excluding carboxylic acids is 3. The van der Waals surface area contributed by atoms with Crippen molar-refractivity contribution in [1.82, 2.24) is 15.2 Å². The maximum atomic E-state index is 13.0. The summed E-state index contributed by atoms with van der Waals surface area (Å²) in [6.07, 6.45) is 1.88. The lowest BCUT2D eigenvalue weighted by molar-refractivity contribution is -0.141. The number of para-hydroxylation sites is 1. The molecule has 2 N–H and O–H groups in total. The molecule has 2 amide bonds. The van der Waals surface area contributed by atoms with E-state index in [4.69, 9.17) is 0 Å². The van der Waals surface area contributed by atoms with E-state index in [2.05, 4.69) is 15.0 Å². The molecule has 7 heteroatoms. The van der Waals surface area contributed by atoms with Gasteiger partial charge in [-0.15, -0.1) is 0 Å². The molecule has 1 unspecified atom stereocenters. The molecule has 0 saturated carbocycles. The number of esters is 1. The maximum Gasteiger partial charge on any atom is 0.325 e. The molecule has 2 aromatic carbocycles. The number of nitrogens with zero attached hydrogens (tertiary/aromatic N) is 1. The van der Waals surface area contributed by atoms with E-state index in [1.54, 1.807) is 6.07 Å². The van der Waals surface area contributed by atoms with Gasteiger partial charge in [-0.1, -0.05) is 36.4 Å². The number of hydrogen-bond acceptors (Lipinski definition) is 4. The van der Waals surface area contributed by atoms with Gasteiger partial charge in [-0.05, 0) is 17.7 Å². The number of ether oxygens (including phenoxy) is 1. The van der Waals surface area contributed by atoms with Crippen molar-refractivity contribution in [3.05, 3.63) is 71.4 Å². The molecule has 3 aromatic rings. The van der Waals surface area contributed by atoms with Gasteiger partial charge in [-0.2, -0.15) is 0 Å². The summed E-state index contributed by atoms with van der Waals surface area (Å²) in [6, 6.07) is 14.8. The van der Waals surface area contributed by atoms with Crippen molar-refractivity contribution in [2.24, 2.45) is 0 Å². The topological polar surface area (TPSA) is 91.5 Å². The van der Waals surface area contributed by atoms with Gasteiger partial charge in [-0.25, -0.2) is 0 Å². The van der Waals surface area contributed by atoms with Gasteiger partial charge in [0.15, 0.2) is 0 Å². The molecule has 0 saturated heterocycles. The van der Waals surface area contributed by atoms with Gasteiger partial charge < -0.3 is 19.9 Å². The average Bonchev–Trinajstić information content (AvgIpc) is 3.26. The molecule has 7 nitrogen and oxygen atoms in total. The minimum atomic E-state index is -0.544. The first-order valence-corrected chi connectivity index (χ1v) is 8.89. The van der Waals surface area contributed by atoms with Gasteiger partial charge in [-0.3, -0.25) is 14.4 Å². The number of aromatic amines is 1. The van der Waals surface area contributed by atoms with Crippen molar-refractivity contribution in [3.8, 4) is 0 Å². The Morgan fingerprint density at radius 3 is 2.68 bits per heavy atom. The Kier molecular flexibility index (Phi) is 4.57. The number of carbonyl (C=O) groups is 3. The van der Waals surface area contributed by atoms with E-state index in [1.165, 1.54) is 12.0 Å². The zero-order valence-corrected chi connectivity index (χ0v) is 15.3. The summed E-state index contributed by atoms with van der Waals surface area (Å²) in [5.74, 6) is -1.17. The van der Waals surface area contributed by atoms with Gasteiger partial charge in [0.2, 0.25) is 5.91 Å². The predicted molar refractivity (Wildman–Crippen MR) is 103 cm³/mol. The van der Waals surface area contributed by atoms with Crippen LogP contribution in [0.2, 0.25) is 0 Å². The minimum absolute atomic E-state index is 0.158. The summed E-state index contributed by atoms with van der Waals surface area (Å²) >= 11 is 0. The van der Waals surface area contributed by atoms with Crippen LogP contribution in [0.5, 0.6) is 0 Å². The first-order valence-electron chi connectivity index (χ1n) is 8.89. The molecular formula is C21H19N3O4. The Morgan fingerprint density at radius 2 is 1.86 bits per heavy atom. The Hall–Kier alpha value is -3.61. The Labute approximate surface area is 161 Å². The van der Waals surface area contributed by atoms with Crippen LogP contribution >= 0.6 is 0 Å². The molecule has 1 aliphatic heterocycles. The number of amides is 2. The summed E-state index contributed by atoms with van der Waals surface area (Å²) in [7, 11) is 1.25. The standard InChI is InChI=1S/C21H19N3O4/c1-28-19(26)11-23-18(25)12-24-20(14-7-2-3-8-15(14)21(24)27)16-10-22-17-9-5-4-6-13(16)17/h2-10,20,22H,11-12H2,1H3,(H,23,25). The zero-order valence-electron chi connectivity index (χ0n) is 15.3. The van der Waals surface area contributed by atoms with Crippen LogP contribution in [0.4, 0.5) is 0 Å². The van der Waals surface area contributed by atoms with E-state index in [9.17, 15) is 14.4 Å². The van der Waals surface area contributed by atoms with E-state index >= 15 is 0 Å². The third-order valence-corrected chi connectivity index (χ3v) is 4.95. The number of nitrogens with one attached hydrogen (secondary N) is 2. The highest BCUT2D eigenvalue weighted by Gasteiger charge is 2.39. The Balaban J connectivity index is 1.69. The van der Waals surface area contributed by atoms with Crippen LogP contribution < -0.4 is 5.32 Å². The highest BCUT2D eigenvalue weighted by molar-refractivity contribution is 6.02. The van der Waals surface area contributed by atoms with Crippen molar-refractivity contribution in [2.75, 3.05) is 20.2 Å². The highest BCUT2D eigenvalue weighted by Crippen LogP contribution is 2.40. The smallest absolute Gasteiger partial charge is 0.325 e. The van der Waals surface area contributed by atoms with Crippen molar-refractivity contribution in [1.29, 1.82) is 0 Å². The highest BCUT2D eigenvalue weighted by atomic mass is 16.5. The van der Waals surface area contributed by atoms with Crippen LogP contribution in [-0.4, -0.2) is 47.9 Å². The van der Waals surface area contributed by atoms with Crippen LogP contribution in [-0.2, 0) is 14.3 Å². The molecule has 0 spiro atoms. The van der Waals surface area contributed by atoms with Gasteiger partial charge in [0.25, 0.3) is 5.91 Å². The number of fused-ring (bicyclic) bond motifs is 2. The number of methoxy groups -OCH3 is 1. The molecule has 0 fully saturated rings. The van der Waals surface area contributed by atoms with Gasteiger partial charge in [0.1, 0.15) is 13.1 Å². The number of benzene rings is 2. The molecule has 0 radical (unpaired) electrons. The molecule has 0 bridgehead atoms. The second-order valence-electron chi connectivity index (χ2n) is 6.57. The Morgan fingerprint density at radius 1 is 1.11 bits per heavy atom. The molecule has 2 heterocycles. The van der Waals surface area contributed by atoms with Crippen LogP contribution in [0.25, 0.3) is 10.9 Å². The number of aromatic nitrogens is 1. The second kappa shape index (κ2) is 7.19. The fourth-order valence-electron chi connectivity index (χ4n) is 3.64. The summed E-state index contributed by atoms with van der Waals surface area (Å²) in [4.78, 5) is 41.4. The van der Waals surface area contributed by atoms with Crippen molar-refractivity contribution < 1.29 is 19.1 Å². The van der Waals surface area contributed by atoms with E-state index < -0.39 is 11.9 Å². The first-order chi connectivity index (χ1) is 13.6. The molecule has 1 aliphatic rings. The monoisotopic (exact) mass is 377 g/mol. The SMILES string of the molecule is COC(=O)CNC(=O)CN1C(=O)c2ccccc2C1c1c[nH]c2ccccc12. The molecule has 4 rings (SSSR count). The van der Waals surface area contributed by atoms with E-state index in [0.717, 1.165) is 22.0 Å². The molecular weight excluding hydrogens is 358 g/mol. The summed E-state index contributed by atoms with van der Waals surface area (Å²) < 4.78 is 4.53. The molecule has 1 atom stereocenters. The van der Waals surface area contributed by atoms with E-state index in [-0.39, 0.29) is 25.0 Å². The zero-order chi connectivity index (χ0) is 19.7. The lowest BCUT2D eigenvalue weighted by Crippen LogP contribution is -2.41. The van der Waals surface area contributed by atoms with Gasteiger partial charge in [0, 0.05) is 28.2 Å². The number of rotatable bonds is 5. The average molecular weight is 377 g/mol. The minimum Gasteiger partial charge on any atom is -0.468 e. The van der Waals surface area contributed by atoms with Crippen molar-refractivity contribution in [2.45, 2.75) is 6.04 Å². The number of H-pyrrole nitrogens is 1. The second-order valence-corrected chi connectivity index (χ2v) is 6.57. The quantitative estimate of drug-likeness (QED) is 0.666. The molecule has 1 aromatic heterocycles. The molecule has 142 valence electrons. The van der Waals surface area contributed by atoms with Crippen LogP contribution in [0.15, 0.2) is 54.7 Å². The first kappa shape index (κ1) is 17.8. The summed E-state index contributed by atoms with van der Waals surface area (Å²) in [5, 5.41) is 3.49. The fraction of sp³-hybridized carbons (Fsp3) is 0.190. The largest absolute Gasteiger partial charge is 0.468 e. The summed E-state index contributed by atoms with van der Waals surface area (Å²) in [5.41, 5.74) is 3.33. The predicted octanol–water partition coefficient (Wildman–Crippen LogP) is 2.00. The third kappa shape index (κ3) is 3.00. The van der Waals surface area contributed by atoms with Crippen molar-refractivity contribution >= 4 is 28.7 Å².